The molecule has 0 aromatic carbocycles. The van der Waals surface area contributed by atoms with Crippen LogP contribution < -0.4 is 10.1 Å². The van der Waals surface area contributed by atoms with E-state index in [-0.39, 0.29) is 22.2 Å². The lowest BCUT2D eigenvalue weighted by Crippen LogP contribution is -2.28. The molecule has 0 aliphatic carbocycles. The summed E-state index contributed by atoms with van der Waals surface area (Å²) in [5.41, 5.74) is -1.90. The molecule has 8 nitrogen and oxygen atoms in total. The number of nitrogens with zero attached hydrogens (tertiary/aromatic N) is 2. The maximum atomic E-state index is 12.3. The summed E-state index contributed by atoms with van der Waals surface area (Å²) >= 11 is 0. The van der Waals surface area contributed by atoms with E-state index in [1.54, 1.807) is 20.8 Å². The molecule has 1 rings (SSSR count). The molecule has 25 heavy (non-hydrogen) atoms. The molecule has 0 saturated heterocycles. The van der Waals surface area contributed by atoms with E-state index < -0.39 is 27.1 Å². The summed E-state index contributed by atoms with van der Waals surface area (Å²) in [7, 11) is -3.70. The lowest BCUT2D eigenvalue weighted by molar-refractivity contribution is 0.0634. The van der Waals surface area contributed by atoms with Crippen molar-refractivity contribution in [2.24, 2.45) is 0 Å². The largest absolute Gasteiger partial charge is 0.471 e. The number of amides is 1. The van der Waals surface area contributed by atoms with Gasteiger partial charge in [-0.2, -0.15) is 5.26 Å². The Balaban J connectivity index is 3.26. The fourth-order valence-electron chi connectivity index (χ4n) is 1.69. The highest BCUT2D eigenvalue weighted by Crippen LogP contribution is 2.27. The maximum absolute atomic E-state index is 12.3. The number of sulfone groups is 1. The smallest absolute Gasteiger partial charge is 0.413 e. The van der Waals surface area contributed by atoms with Gasteiger partial charge in [0.25, 0.3) is 0 Å². The molecule has 1 amide bonds. The molecule has 9 heteroatoms. The summed E-state index contributed by atoms with van der Waals surface area (Å²) in [4.78, 5) is 15.7. The molecule has 0 atom stereocenters. The van der Waals surface area contributed by atoms with Gasteiger partial charge in [-0.05, 0) is 34.6 Å². The molecule has 1 aromatic rings. The Kier molecular flexibility index (Phi) is 6.02. The molecular weight excluding hydrogens is 346 g/mol. The summed E-state index contributed by atoms with van der Waals surface area (Å²) in [5.74, 6) is -0.241. The summed E-state index contributed by atoms with van der Waals surface area (Å²) in [6, 6.07) is 3.18. The van der Waals surface area contributed by atoms with Crippen LogP contribution in [0.25, 0.3) is 0 Å². The zero-order chi connectivity index (χ0) is 19.5. The van der Waals surface area contributed by atoms with Gasteiger partial charge in [0.2, 0.25) is 0 Å². The molecule has 0 aliphatic rings. The zero-order valence-corrected chi connectivity index (χ0v) is 16.0. The van der Waals surface area contributed by atoms with Gasteiger partial charge in [-0.15, -0.1) is 0 Å². The Morgan fingerprint density at radius 2 is 1.92 bits per heavy atom. The molecule has 0 radical (unpaired) electrons. The van der Waals surface area contributed by atoms with Crippen molar-refractivity contribution >= 4 is 21.7 Å². The number of rotatable bonds is 5. The predicted molar refractivity (Wildman–Crippen MR) is 92.1 cm³/mol. The number of carbonyl (C=O) groups is 1. The van der Waals surface area contributed by atoms with Gasteiger partial charge in [0.1, 0.15) is 22.3 Å². The van der Waals surface area contributed by atoms with Crippen molar-refractivity contribution in [2.45, 2.75) is 57.6 Å². The van der Waals surface area contributed by atoms with Crippen LogP contribution in [0.15, 0.2) is 17.2 Å². The molecule has 1 heterocycles. The first kappa shape index (κ1) is 20.7. The number of hydrogen-bond donors (Lipinski definition) is 1. The summed E-state index contributed by atoms with van der Waals surface area (Å²) < 4.78 is 35.2. The van der Waals surface area contributed by atoms with Crippen LogP contribution in [0.5, 0.6) is 5.75 Å². The van der Waals surface area contributed by atoms with Crippen LogP contribution in [0.1, 0.15) is 41.5 Å². The van der Waals surface area contributed by atoms with Gasteiger partial charge in [-0.3, -0.25) is 5.32 Å². The van der Waals surface area contributed by atoms with Crippen molar-refractivity contribution in [2.75, 3.05) is 11.1 Å². The van der Waals surface area contributed by atoms with Crippen molar-refractivity contribution < 1.29 is 22.7 Å². The second kappa shape index (κ2) is 7.27. The Hall–Kier alpha value is -2.34. The minimum Gasteiger partial charge on any atom is -0.471 e. The molecule has 138 valence electrons. The van der Waals surface area contributed by atoms with Gasteiger partial charge in [-0.1, -0.05) is 6.92 Å². The standard InChI is InChI=1S/C16H23N3O5S/c1-7-25(21,22)12-8-11(23-16(5,6)10-17)9-18-13(12)19-14(20)24-15(2,3)4/h8-9H,7H2,1-6H3,(H,18,19,20). The van der Waals surface area contributed by atoms with Crippen molar-refractivity contribution in [3.05, 3.63) is 12.3 Å². The topological polar surface area (TPSA) is 118 Å². The van der Waals surface area contributed by atoms with Gasteiger partial charge in [-0.25, -0.2) is 18.2 Å². The highest BCUT2D eigenvalue weighted by molar-refractivity contribution is 7.91. The number of aromatic nitrogens is 1. The lowest BCUT2D eigenvalue weighted by atomic mass is 10.2. The summed E-state index contributed by atoms with van der Waals surface area (Å²) in [6.45, 7) is 9.60. The Morgan fingerprint density at radius 3 is 2.40 bits per heavy atom. The van der Waals surface area contributed by atoms with E-state index in [0.29, 0.717) is 0 Å². The average Bonchev–Trinajstić information content (AvgIpc) is 2.46. The Bertz CT molecular complexity index is 789. The Labute approximate surface area is 148 Å². The number of anilines is 1. The minimum absolute atomic E-state index is 0.105. The molecule has 0 unspecified atom stereocenters. The van der Waals surface area contributed by atoms with E-state index in [1.165, 1.54) is 33.0 Å². The normalized spacial score (nSPS) is 12.2. The second-order valence-corrected chi connectivity index (χ2v) is 9.02. The van der Waals surface area contributed by atoms with Crippen LogP contribution in [0, 0.1) is 11.3 Å². The van der Waals surface area contributed by atoms with Crippen LogP contribution in [-0.2, 0) is 14.6 Å². The fourth-order valence-corrected chi connectivity index (χ4v) is 2.69. The summed E-state index contributed by atoms with van der Waals surface area (Å²) in [5, 5.41) is 11.4. The number of nitriles is 1. The minimum atomic E-state index is -3.70. The van der Waals surface area contributed by atoms with E-state index >= 15 is 0 Å². The van der Waals surface area contributed by atoms with Crippen molar-refractivity contribution in [1.82, 2.24) is 4.98 Å². The van der Waals surface area contributed by atoms with Gasteiger partial charge < -0.3 is 9.47 Å². The lowest BCUT2D eigenvalue weighted by Gasteiger charge is -2.21. The van der Waals surface area contributed by atoms with E-state index in [9.17, 15) is 13.2 Å². The number of nitrogens with one attached hydrogen (secondary N) is 1. The van der Waals surface area contributed by atoms with Crippen LogP contribution in [0.3, 0.4) is 0 Å². The first-order chi connectivity index (χ1) is 11.3. The van der Waals surface area contributed by atoms with E-state index in [0.717, 1.165) is 0 Å². The third-order valence-corrected chi connectivity index (χ3v) is 4.55. The SMILES string of the molecule is CCS(=O)(=O)c1cc(OC(C)(C)C#N)cnc1NC(=O)OC(C)(C)C. The van der Waals surface area contributed by atoms with E-state index in [2.05, 4.69) is 10.3 Å². The summed E-state index contributed by atoms with van der Waals surface area (Å²) in [6.07, 6.45) is 0.416. The number of carbonyl (C=O) groups excluding carboxylic acids is 1. The molecule has 1 aromatic heterocycles. The highest BCUT2D eigenvalue weighted by Gasteiger charge is 2.25. The van der Waals surface area contributed by atoms with E-state index in [1.807, 2.05) is 6.07 Å². The predicted octanol–water partition coefficient (Wildman–Crippen LogP) is 2.90. The van der Waals surface area contributed by atoms with Gasteiger partial charge in [0.15, 0.2) is 21.3 Å². The zero-order valence-electron chi connectivity index (χ0n) is 15.2. The van der Waals surface area contributed by atoms with Crippen molar-refractivity contribution in [1.29, 1.82) is 5.26 Å². The first-order valence-electron chi connectivity index (χ1n) is 7.63. The van der Waals surface area contributed by atoms with Crippen LogP contribution >= 0.6 is 0 Å². The quantitative estimate of drug-likeness (QED) is 0.847. The monoisotopic (exact) mass is 369 g/mol. The molecule has 0 fully saturated rings. The fraction of sp³-hybridized carbons (Fsp3) is 0.562. The highest BCUT2D eigenvalue weighted by atomic mass is 32.2. The molecule has 0 saturated carbocycles. The number of pyridine rings is 1. The molecule has 1 N–H and O–H groups in total. The van der Waals surface area contributed by atoms with Crippen molar-refractivity contribution in [3.8, 4) is 11.8 Å². The first-order valence-corrected chi connectivity index (χ1v) is 9.28. The molecule has 0 aliphatic heterocycles. The third kappa shape index (κ3) is 6.23. The average molecular weight is 369 g/mol. The third-order valence-electron chi connectivity index (χ3n) is 2.80. The Morgan fingerprint density at radius 1 is 1.32 bits per heavy atom. The van der Waals surface area contributed by atoms with Gasteiger partial charge >= 0.3 is 6.09 Å². The number of hydrogen-bond acceptors (Lipinski definition) is 7. The van der Waals surface area contributed by atoms with Crippen LogP contribution in [-0.4, -0.2) is 36.4 Å². The van der Waals surface area contributed by atoms with Crippen molar-refractivity contribution in [3.63, 3.8) is 0 Å². The van der Waals surface area contributed by atoms with Crippen LogP contribution in [0.4, 0.5) is 10.6 Å². The molecular formula is C16H23N3O5S. The second-order valence-electron chi connectivity index (χ2n) is 6.77. The number of ether oxygens (including phenoxy) is 2. The van der Waals surface area contributed by atoms with Gasteiger partial charge in [0, 0.05) is 6.07 Å². The maximum Gasteiger partial charge on any atom is 0.413 e. The van der Waals surface area contributed by atoms with Gasteiger partial charge in [0.05, 0.1) is 11.9 Å². The molecule has 0 bridgehead atoms. The van der Waals surface area contributed by atoms with Crippen LogP contribution in [0.2, 0.25) is 0 Å². The molecule has 0 spiro atoms. The van der Waals surface area contributed by atoms with E-state index in [4.69, 9.17) is 14.7 Å².